The fraction of sp³-hybridized carbons (Fsp3) is 0.250. The molecule has 0 saturated carbocycles. The zero-order chi connectivity index (χ0) is 19.9. The van der Waals surface area contributed by atoms with Crippen molar-refractivity contribution in [3.05, 3.63) is 62.8 Å². The molecule has 0 spiro atoms. The van der Waals surface area contributed by atoms with Crippen LogP contribution in [0, 0.1) is 25.2 Å². The Balaban J connectivity index is 2.32. The fourth-order valence-corrected chi connectivity index (χ4v) is 3.49. The summed E-state index contributed by atoms with van der Waals surface area (Å²) in [6, 6.07) is 7.77. The van der Waals surface area contributed by atoms with Crippen LogP contribution >= 0.6 is 11.6 Å². The lowest BCUT2D eigenvalue weighted by Gasteiger charge is -2.27. The van der Waals surface area contributed by atoms with E-state index >= 15 is 0 Å². The van der Waals surface area contributed by atoms with Crippen LogP contribution in [-0.4, -0.2) is 18.1 Å². The van der Waals surface area contributed by atoms with Gasteiger partial charge in [-0.25, -0.2) is 9.78 Å². The van der Waals surface area contributed by atoms with E-state index in [2.05, 4.69) is 4.98 Å². The number of methoxy groups -OCH3 is 1. The maximum Gasteiger partial charge on any atom is 0.338 e. The molecule has 0 aliphatic carbocycles. The molecule has 1 atom stereocenters. The van der Waals surface area contributed by atoms with Crippen molar-refractivity contribution >= 4 is 28.5 Å². The third-order valence-corrected chi connectivity index (χ3v) is 5.12. The van der Waals surface area contributed by atoms with Gasteiger partial charge in [-0.2, -0.15) is 5.26 Å². The van der Waals surface area contributed by atoms with E-state index in [1.165, 1.54) is 7.11 Å². The summed E-state index contributed by atoms with van der Waals surface area (Å²) >= 11 is 6.49. The van der Waals surface area contributed by atoms with Crippen LogP contribution < -0.4 is 5.73 Å². The summed E-state index contributed by atoms with van der Waals surface area (Å²) in [5.74, 6) is -1.24. The topological polar surface area (TPSA) is 98.2 Å². The molecule has 1 aromatic carbocycles. The van der Waals surface area contributed by atoms with Gasteiger partial charge in [-0.15, -0.1) is 0 Å². The van der Waals surface area contributed by atoms with E-state index in [0.717, 1.165) is 22.0 Å². The number of carbonyl (C=O) groups is 1. The van der Waals surface area contributed by atoms with Crippen LogP contribution in [0.1, 0.15) is 29.5 Å². The first-order valence-corrected chi connectivity index (χ1v) is 8.61. The van der Waals surface area contributed by atoms with E-state index in [4.69, 9.17) is 26.8 Å². The Kier molecular flexibility index (Phi) is 4.81. The summed E-state index contributed by atoms with van der Waals surface area (Å²) in [6.07, 6.45) is 0. The second-order valence-electron chi connectivity index (χ2n) is 6.33. The second-order valence-corrected chi connectivity index (χ2v) is 6.69. The highest BCUT2D eigenvalue weighted by atomic mass is 35.5. The molecule has 2 heterocycles. The lowest BCUT2D eigenvalue weighted by molar-refractivity contribution is -0.136. The number of carbonyl (C=O) groups excluding carboxylic acids is 1. The minimum atomic E-state index is -0.817. The lowest BCUT2D eigenvalue weighted by atomic mass is 9.83. The minimum Gasteiger partial charge on any atom is -0.466 e. The van der Waals surface area contributed by atoms with Crippen LogP contribution in [-0.2, 0) is 14.3 Å². The van der Waals surface area contributed by atoms with E-state index < -0.39 is 11.9 Å². The van der Waals surface area contributed by atoms with E-state index in [-0.39, 0.29) is 27.9 Å². The van der Waals surface area contributed by atoms with Crippen molar-refractivity contribution in [3.63, 3.8) is 0 Å². The molecule has 7 heteroatoms. The van der Waals surface area contributed by atoms with Gasteiger partial charge < -0.3 is 15.2 Å². The smallest absolute Gasteiger partial charge is 0.338 e. The highest BCUT2D eigenvalue weighted by Gasteiger charge is 2.37. The number of aryl methyl sites for hydroxylation is 2. The number of ether oxygens (including phenoxy) is 2. The van der Waals surface area contributed by atoms with Crippen molar-refractivity contribution in [2.24, 2.45) is 5.73 Å². The maximum atomic E-state index is 12.4. The number of hydrogen-bond acceptors (Lipinski definition) is 6. The molecule has 0 saturated heterocycles. The quantitative estimate of drug-likeness (QED) is 0.626. The monoisotopic (exact) mass is 383 g/mol. The van der Waals surface area contributed by atoms with Crippen molar-refractivity contribution < 1.29 is 14.3 Å². The molecule has 1 aromatic heterocycles. The first kappa shape index (κ1) is 18.7. The summed E-state index contributed by atoms with van der Waals surface area (Å²) in [7, 11) is 1.26. The Bertz CT molecular complexity index is 1080. The number of nitrogens with two attached hydrogens (primary N) is 1. The molecule has 0 fully saturated rings. The van der Waals surface area contributed by atoms with Crippen molar-refractivity contribution in [1.29, 1.82) is 5.26 Å². The molecule has 0 bridgehead atoms. The maximum absolute atomic E-state index is 12.4. The van der Waals surface area contributed by atoms with Gasteiger partial charge in [0.2, 0.25) is 5.88 Å². The number of hydrogen-bond donors (Lipinski definition) is 1. The third kappa shape index (κ3) is 3.00. The molecule has 0 amide bonds. The number of nitrogens with zero attached hydrogens (tertiary/aromatic N) is 2. The van der Waals surface area contributed by atoms with Crippen molar-refractivity contribution in [3.8, 4) is 6.07 Å². The number of pyridine rings is 1. The largest absolute Gasteiger partial charge is 0.466 e. The zero-order valence-electron chi connectivity index (χ0n) is 15.4. The van der Waals surface area contributed by atoms with Crippen LogP contribution in [0.5, 0.6) is 0 Å². The molecule has 2 aromatic rings. The number of halogens is 1. The number of nitriles is 1. The molecule has 0 unspecified atom stereocenters. The number of rotatable bonds is 2. The van der Waals surface area contributed by atoms with Crippen molar-refractivity contribution in [2.75, 3.05) is 7.11 Å². The normalized spacial score (nSPS) is 17.0. The summed E-state index contributed by atoms with van der Waals surface area (Å²) in [6.45, 7) is 5.56. The van der Waals surface area contributed by atoms with Gasteiger partial charge in [0.15, 0.2) is 0 Å². The number of benzene rings is 1. The predicted molar refractivity (Wildman–Crippen MR) is 102 cm³/mol. The molecule has 27 heavy (non-hydrogen) atoms. The number of fused-ring (bicyclic) bond motifs is 1. The summed E-state index contributed by atoms with van der Waals surface area (Å²) in [5.41, 5.74) is 9.55. The van der Waals surface area contributed by atoms with Gasteiger partial charge in [-0.1, -0.05) is 23.7 Å². The molecule has 6 nitrogen and oxygen atoms in total. The van der Waals surface area contributed by atoms with Crippen LogP contribution in [0.4, 0.5) is 0 Å². The van der Waals surface area contributed by atoms with Gasteiger partial charge in [0.1, 0.15) is 22.6 Å². The number of allylic oxidation sites excluding steroid dienone is 2. The first-order chi connectivity index (χ1) is 12.8. The highest BCUT2D eigenvalue weighted by molar-refractivity contribution is 6.31. The van der Waals surface area contributed by atoms with E-state index in [9.17, 15) is 10.1 Å². The molecule has 1 aliphatic rings. The Morgan fingerprint density at radius 2 is 2.07 bits per heavy atom. The van der Waals surface area contributed by atoms with Gasteiger partial charge in [-0.05, 0) is 38.0 Å². The second kappa shape index (κ2) is 6.93. The zero-order valence-corrected chi connectivity index (χ0v) is 16.1. The summed E-state index contributed by atoms with van der Waals surface area (Å²) in [5, 5.41) is 10.7. The summed E-state index contributed by atoms with van der Waals surface area (Å²) in [4.78, 5) is 16.9. The van der Waals surface area contributed by atoms with E-state index in [1.807, 2.05) is 38.1 Å². The molecule has 3 rings (SSSR count). The number of aromatic nitrogens is 1. The van der Waals surface area contributed by atoms with Gasteiger partial charge in [0, 0.05) is 10.9 Å². The molecular formula is C20H18ClN3O3. The van der Waals surface area contributed by atoms with Gasteiger partial charge >= 0.3 is 5.97 Å². The fourth-order valence-electron chi connectivity index (χ4n) is 3.25. The minimum absolute atomic E-state index is 0.0658. The Morgan fingerprint density at radius 1 is 1.37 bits per heavy atom. The van der Waals surface area contributed by atoms with E-state index in [1.54, 1.807) is 6.92 Å². The Hall–Kier alpha value is -3.04. The highest BCUT2D eigenvalue weighted by Crippen LogP contribution is 2.42. The van der Waals surface area contributed by atoms with Crippen LogP contribution in [0.2, 0.25) is 5.15 Å². The average Bonchev–Trinajstić information content (AvgIpc) is 2.64. The standard InChI is InChI=1S/C20H18ClN3O3/c1-9-5-6-12-7-13(18(21)24-17(12)10(9)2)16-14(8-22)19(23)27-11(3)15(16)20(25)26-4/h5-7,16H,23H2,1-4H3/t16-/m0/s1. The van der Waals surface area contributed by atoms with Gasteiger partial charge in [-0.3, -0.25) is 0 Å². The van der Waals surface area contributed by atoms with Crippen LogP contribution in [0.3, 0.4) is 0 Å². The predicted octanol–water partition coefficient (Wildman–Crippen LogP) is 3.76. The lowest BCUT2D eigenvalue weighted by Crippen LogP contribution is -2.25. The number of esters is 1. The van der Waals surface area contributed by atoms with E-state index in [0.29, 0.717) is 5.56 Å². The van der Waals surface area contributed by atoms with Crippen LogP contribution in [0.25, 0.3) is 10.9 Å². The summed E-state index contributed by atoms with van der Waals surface area (Å²) < 4.78 is 10.3. The molecule has 138 valence electrons. The van der Waals surface area contributed by atoms with Gasteiger partial charge in [0.05, 0.1) is 24.1 Å². The van der Waals surface area contributed by atoms with Crippen molar-refractivity contribution in [1.82, 2.24) is 4.98 Å². The van der Waals surface area contributed by atoms with Crippen LogP contribution in [0.15, 0.2) is 41.0 Å². The molecule has 2 N–H and O–H groups in total. The Labute approximate surface area is 161 Å². The molecule has 0 radical (unpaired) electrons. The SMILES string of the molecule is COC(=O)C1=C(C)OC(N)=C(C#N)[C@@H]1c1cc2ccc(C)c(C)c2nc1Cl. The molecule has 1 aliphatic heterocycles. The first-order valence-electron chi connectivity index (χ1n) is 8.23. The third-order valence-electron chi connectivity index (χ3n) is 4.81. The Morgan fingerprint density at radius 3 is 2.70 bits per heavy atom. The van der Waals surface area contributed by atoms with Gasteiger partial charge in [0.25, 0.3) is 0 Å². The van der Waals surface area contributed by atoms with Crippen molar-refractivity contribution in [2.45, 2.75) is 26.7 Å². The average molecular weight is 384 g/mol. The molecular weight excluding hydrogens is 366 g/mol.